The number of anilines is 2. The van der Waals surface area contributed by atoms with Crippen molar-refractivity contribution in [2.45, 2.75) is 6.42 Å². The average Bonchev–Trinajstić information content (AvgIpc) is 3.19. The molecule has 2 aromatic rings. The molecule has 0 bridgehead atoms. The van der Waals surface area contributed by atoms with E-state index in [0.29, 0.717) is 41.8 Å². The molecule has 2 aliphatic rings. The number of fused-ring (bicyclic) bond motifs is 1. The summed E-state index contributed by atoms with van der Waals surface area (Å²) in [5.41, 5.74) is 1.25. The summed E-state index contributed by atoms with van der Waals surface area (Å²) in [7, 11) is 1.57. The molecule has 0 aliphatic carbocycles. The highest BCUT2D eigenvalue weighted by Crippen LogP contribution is 2.32. The second kappa shape index (κ2) is 8.95. The van der Waals surface area contributed by atoms with Crippen molar-refractivity contribution < 1.29 is 28.6 Å². The van der Waals surface area contributed by atoms with Gasteiger partial charge in [0.05, 0.1) is 19.6 Å². The number of methoxy groups -OCH3 is 1. The van der Waals surface area contributed by atoms with Crippen LogP contribution < -0.4 is 29.7 Å². The molecule has 9 nitrogen and oxygen atoms in total. The van der Waals surface area contributed by atoms with Crippen LogP contribution in [0, 0.1) is 5.92 Å². The lowest BCUT2D eigenvalue weighted by Crippen LogP contribution is -2.37. The van der Waals surface area contributed by atoms with Crippen molar-refractivity contribution in [2.75, 3.05) is 43.6 Å². The summed E-state index contributed by atoms with van der Waals surface area (Å²) >= 11 is 0. The molecule has 4 rings (SSSR count). The normalized spacial score (nSPS) is 17.3. The maximum atomic E-state index is 12.5. The molecule has 2 aliphatic heterocycles. The standard InChI is InChI=1S/C22H23N3O6/c1-29-17-5-3-16(4-6-17)25-13-14(10-21(25)27)22(28)23-12-20(26)24-15-2-7-18-19(11-15)31-9-8-30-18/h2-7,11,14H,8-10,12-13H2,1H3,(H,23,28)(H,24,26)/t14-/m0/s1. The van der Waals surface area contributed by atoms with Crippen LogP contribution in [0.15, 0.2) is 42.5 Å². The lowest BCUT2D eigenvalue weighted by molar-refractivity contribution is -0.127. The van der Waals surface area contributed by atoms with Crippen LogP contribution in [0.5, 0.6) is 17.2 Å². The van der Waals surface area contributed by atoms with E-state index in [4.69, 9.17) is 14.2 Å². The van der Waals surface area contributed by atoms with E-state index in [0.717, 1.165) is 0 Å². The zero-order chi connectivity index (χ0) is 21.8. The van der Waals surface area contributed by atoms with Crippen molar-refractivity contribution >= 4 is 29.1 Å². The largest absolute Gasteiger partial charge is 0.497 e. The van der Waals surface area contributed by atoms with Crippen molar-refractivity contribution in [3.8, 4) is 17.2 Å². The Kier molecular flexibility index (Phi) is 5.92. The van der Waals surface area contributed by atoms with Crippen LogP contribution in [0.4, 0.5) is 11.4 Å². The molecule has 31 heavy (non-hydrogen) atoms. The van der Waals surface area contributed by atoms with Gasteiger partial charge >= 0.3 is 0 Å². The molecule has 162 valence electrons. The average molecular weight is 425 g/mol. The number of carbonyl (C=O) groups is 3. The summed E-state index contributed by atoms with van der Waals surface area (Å²) in [6, 6.07) is 12.2. The van der Waals surface area contributed by atoms with Gasteiger partial charge in [0.1, 0.15) is 19.0 Å². The lowest BCUT2D eigenvalue weighted by Gasteiger charge is -2.19. The Morgan fingerprint density at radius 1 is 1.10 bits per heavy atom. The van der Waals surface area contributed by atoms with E-state index in [2.05, 4.69) is 10.6 Å². The molecule has 3 amide bonds. The molecule has 1 atom stereocenters. The molecule has 9 heteroatoms. The number of benzene rings is 2. The van der Waals surface area contributed by atoms with Crippen LogP contribution in [0.3, 0.4) is 0 Å². The van der Waals surface area contributed by atoms with Gasteiger partial charge in [-0.25, -0.2) is 0 Å². The third kappa shape index (κ3) is 4.71. The third-order valence-corrected chi connectivity index (χ3v) is 5.13. The number of nitrogens with one attached hydrogen (secondary N) is 2. The summed E-state index contributed by atoms with van der Waals surface area (Å²) in [5, 5.41) is 5.33. The van der Waals surface area contributed by atoms with E-state index >= 15 is 0 Å². The number of carbonyl (C=O) groups excluding carboxylic acids is 3. The smallest absolute Gasteiger partial charge is 0.243 e. The first-order valence-corrected chi connectivity index (χ1v) is 9.95. The van der Waals surface area contributed by atoms with Gasteiger partial charge in [-0.2, -0.15) is 0 Å². The van der Waals surface area contributed by atoms with E-state index in [1.54, 1.807) is 54.5 Å². The minimum Gasteiger partial charge on any atom is -0.497 e. The van der Waals surface area contributed by atoms with Crippen molar-refractivity contribution in [3.05, 3.63) is 42.5 Å². The molecule has 1 saturated heterocycles. The topological polar surface area (TPSA) is 106 Å². The second-order valence-electron chi connectivity index (χ2n) is 7.23. The fourth-order valence-corrected chi connectivity index (χ4v) is 3.53. The molecule has 0 radical (unpaired) electrons. The second-order valence-corrected chi connectivity index (χ2v) is 7.23. The van der Waals surface area contributed by atoms with Gasteiger partial charge in [-0.05, 0) is 36.4 Å². The quantitative estimate of drug-likeness (QED) is 0.728. The van der Waals surface area contributed by atoms with Crippen molar-refractivity contribution in [1.82, 2.24) is 5.32 Å². The Balaban J connectivity index is 1.28. The van der Waals surface area contributed by atoms with Crippen molar-refractivity contribution in [3.63, 3.8) is 0 Å². The van der Waals surface area contributed by atoms with Crippen LogP contribution in [-0.2, 0) is 14.4 Å². The van der Waals surface area contributed by atoms with Gasteiger partial charge in [-0.1, -0.05) is 0 Å². The molecular weight excluding hydrogens is 402 g/mol. The van der Waals surface area contributed by atoms with Gasteiger partial charge in [-0.15, -0.1) is 0 Å². The van der Waals surface area contributed by atoms with E-state index in [9.17, 15) is 14.4 Å². The summed E-state index contributed by atoms with van der Waals surface area (Å²) < 4.78 is 16.1. The van der Waals surface area contributed by atoms with E-state index in [-0.39, 0.29) is 37.2 Å². The monoisotopic (exact) mass is 425 g/mol. The Morgan fingerprint density at radius 3 is 2.58 bits per heavy atom. The van der Waals surface area contributed by atoms with Crippen LogP contribution in [0.2, 0.25) is 0 Å². The van der Waals surface area contributed by atoms with Gasteiger partial charge < -0.3 is 29.7 Å². The minimum atomic E-state index is -0.517. The highest BCUT2D eigenvalue weighted by atomic mass is 16.6. The first-order chi connectivity index (χ1) is 15.0. The fraction of sp³-hybridized carbons (Fsp3) is 0.318. The highest BCUT2D eigenvalue weighted by Gasteiger charge is 2.35. The van der Waals surface area contributed by atoms with Crippen molar-refractivity contribution in [1.29, 1.82) is 0 Å². The van der Waals surface area contributed by atoms with Crippen molar-refractivity contribution in [2.24, 2.45) is 5.92 Å². The molecule has 2 heterocycles. The van der Waals surface area contributed by atoms with E-state index in [1.165, 1.54) is 0 Å². The molecule has 1 fully saturated rings. The Hall–Kier alpha value is -3.75. The minimum absolute atomic E-state index is 0.0989. The van der Waals surface area contributed by atoms with E-state index in [1.807, 2.05) is 0 Å². The first kappa shape index (κ1) is 20.5. The van der Waals surface area contributed by atoms with Gasteiger partial charge in [0, 0.05) is 30.4 Å². The number of nitrogens with zero attached hydrogens (tertiary/aromatic N) is 1. The summed E-state index contributed by atoms with van der Waals surface area (Å²) in [6.07, 6.45) is 0.0989. The molecule has 0 unspecified atom stereocenters. The zero-order valence-electron chi connectivity index (χ0n) is 17.1. The lowest BCUT2D eigenvalue weighted by atomic mass is 10.1. The Morgan fingerprint density at radius 2 is 1.84 bits per heavy atom. The third-order valence-electron chi connectivity index (χ3n) is 5.13. The van der Waals surface area contributed by atoms with Gasteiger partial charge in [0.15, 0.2) is 11.5 Å². The van der Waals surface area contributed by atoms with Gasteiger partial charge in [0.2, 0.25) is 17.7 Å². The molecule has 0 spiro atoms. The number of hydrogen-bond donors (Lipinski definition) is 2. The summed E-state index contributed by atoms with van der Waals surface area (Å²) in [5.74, 6) is 0.528. The summed E-state index contributed by atoms with van der Waals surface area (Å²) in [6.45, 7) is 1.01. The Bertz CT molecular complexity index is 991. The predicted octanol–water partition coefficient (Wildman–Crippen LogP) is 1.57. The molecule has 0 saturated carbocycles. The molecule has 2 aromatic carbocycles. The van der Waals surface area contributed by atoms with E-state index < -0.39 is 5.92 Å². The van der Waals surface area contributed by atoms with Crippen LogP contribution >= 0.6 is 0 Å². The highest BCUT2D eigenvalue weighted by molar-refractivity contribution is 6.01. The maximum absolute atomic E-state index is 12.5. The SMILES string of the molecule is COc1ccc(N2C[C@@H](C(=O)NCC(=O)Nc3ccc4c(c3)OCCO4)CC2=O)cc1. The van der Waals surface area contributed by atoms with Gasteiger partial charge in [0.25, 0.3) is 0 Å². The Labute approximate surface area is 179 Å². The maximum Gasteiger partial charge on any atom is 0.243 e. The zero-order valence-corrected chi connectivity index (χ0v) is 17.1. The van der Waals surface area contributed by atoms with Gasteiger partial charge in [-0.3, -0.25) is 14.4 Å². The molecule has 0 aromatic heterocycles. The van der Waals surface area contributed by atoms with Crippen LogP contribution in [-0.4, -0.2) is 51.1 Å². The number of ether oxygens (including phenoxy) is 3. The summed E-state index contributed by atoms with van der Waals surface area (Å²) in [4.78, 5) is 38.6. The predicted molar refractivity (Wildman–Crippen MR) is 113 cm³/mol. The molecular formula is C22H23N3O6. The number of amides is 3. The molecule has 2 N–H and O–H groups in total. The van der Waals surface area contributed by atoms with Crippen LogP contribution in [0.25, 0.3) is 0 Å². The number of hydrogen-bond acceptors (Lipinski definition) is 6. The first-order valence-electron chi connectivity index (χ1n) is 9.95. The fourth-order valence-electron chi connectivity index (χ4n) is 3.53. The number of rotatable bonds is 6. The van der Waals surface area contributed by atoms with Crippen LogP contribution in [0.1, 0.15) is 6.42 Å².